The summed E-state index contributed by atoms with van der Waals surface area (Å²) in [6, 6.07) is 10.9. The number of nitrogens with zero attached hydrogens (tertiary/aromatic N) is 6. The summed E-state index contributed by atoms with van der Waals surface area (Å²) in [4.78, 5) is 32.9. The number of imidazole rings is 1. The zero-order chi connectivity index (χ0) is 29.8. The van der Waals surface area contributed by atoms with E-state index >= 15 is 0 Å². The van der Waals surface area contributed by atoms with Gasteiger partial charge in [-0.1, -0.05) is 37.8 Å². The Kier molecular flexibility index (Phi) is 6.89. The van der Waals surface area contributed by atoms with E-state index in [0.29, 0.717) is 30.0 Å². The van der Waals surface area contributed by atoms with Crippen LogP contribution in [0.2, 0.25) is 0 Å². The van der Waals surface area contributed by atoms with Crippen LogP contribution in [0, 0.1) is 5.82 Å². The molecular weight excluding hydrogens is 553 g/mol. The SMILES string of the molecule is CCn1cnc2cc(-c3ccc4c(c3)N(C3CC(N5CCCCC5)C3)C(=O)C43CCCCC3)nc(Nc3ccncc3F)c21. The highest BCUT2D eigenvalue weighted by Crippen LogP contribution is 2.53. The van der Waals surface area contributed by atoms with E-state index in [0.717, 1.165) is 66.5 Å². The number of halogens is 1. The summed E-state index contributed by atoms with van der Waals surface area (Å²) in [7, 11) is 0. The average molecular weight is 594 g/mol. The van der Waals surface area contributed by atoms with Crippen molar-refractivity contribution in [2.45, 2.75) is 95.2 Å². The number of piperidine rings is 1. The highest BCUT2D eigenvalue weighted by molar-refractivity contribution is 6.09. The minimum atomic E-state index is -0.441. The van der Waals surface area contributed by atoms with Crippen molar-refractivity contribution in [3.05, 3.63) is 60.4 Å². The summed E-state index contributed by atoms with van der Waals surface area (Å²) in [6.45, 7) is 5.15. The predicted molar refractivity (Wildman–Crippen MR) is 171 cm³/mol. The number of aromatic nitrogens is 4. The van der Waals surface area contributed by atoms with E-state index in [2.05, 4.69) is 50.2 Å². The summed E-state index contributed by atoms with van der Waals surface area (Å²) >= 11 is 0. The molecule has 0 bridgehead atoms. The van der Waals surface area contributed by atoms with E-state index in [1.54, 1.807) is 18.6 Å². The highest BCUT2D eigenvalue weighted by Gasteiger charge is 2.54. The van der Waals surface area contributed by atoms with Crippen molar-refractivity contribution in [1.29, 1.82) is 0 Å². The molecule has 8 rings (SSSR count). The van der Waals surface area contributed by atoms with Crippen molar-refractivity contribution in [1.82, 2.24) is 24.4 Å². The molecule has 5 heterocycles. The molecule has 228 valence electrons. The number of pyridine rings is 2. The van der Waals surface area contributed by atoms with E-state index in [4.69, 9.17) is 4.98 Å². The third-order valence-electron chi connectivity index (χ3n) is 10.7. The Balaban J connectivity index is 1.19. The van der Waals surface area contributed by atoms with Gasteiger partial charge in [0.2, 0.25) is 5.91 Å². The van der Waals surface area contributed by atoms with Crippen molar-refractivity contribution in [2.75, 3.05) is 23.3 Å². The second-order valence-electron chi connectivity index (χ2n) is 13.2. The highest BCUT2D eigenvalue weighted by atomic mass is 19.1. The molecule has 2 aliphatic heterocycles. The molecule has 2 aliphatic carbocycles. The minimum Gasteiger partial charge on any atom is -0.336 e. The van der Waals surface area contributed by atoms with E-state index in [1.807, 2.05) is 10.6 Å². The Morgan fingerprint density at radius 3 is 2.57 bits per heavy atom. The molecule has 8 nitrogen and oxygen atoms in total. The molecule has 4 aliphatic rings. The fraction of sp³-hybridized carbons (Fsp3) is 0.486. The maximum atomic E-state index is 14.7. The monoisotopic (exact) mass is 593 g/mol. The molecule has 3 fully saturated rings. The first kappa shape index (κ1) is 27.7. The quantitative estimate of drug-likeness (QED) is 0.260. The first-order valence-electron chi connectivity index (χ1n) is 16.5. The lowest BCUT2D eigenvalue weighted by Gasteiger charge is -2.48. The molecule has 3 aromatic heterocycles. The lowest BCUT2D eigenvalue weighted by atomic mass is 9.70. The molecule has 1 aromatic carbocycles. The van der Waals surface area contributed by atoms with Gasteiger partial charge in [0.1, 0.15) is 5.52 Å². The van der Waals surface area contributed by atoms with Crippen molar-refractivity contribution in [3.8, 4) is 11.3 Å². The zero-order valence-electron chi connectivity index (χ0n) is 25.4. The number of amides is 1. The normalized spacial score (nSPS) is 23.2. The molecule has 0 unspecified atom stereocenters. The second-order valence-corrected chi connectivity index (χ2v) is 13.2. The van der Waals surface area contributed by atoms with Gasteiger partial charge in [-0.3, -0.25) is 9.78 Å². The van der Waals surface area contributed by atoms with Crippen LogP contribution >= 0.6 is 0 Å². The van der Waals surface area contributed by atoms with Gasteiger partial charge in [0, 0.05) is 36.1 Å². The number of carbonyl (C=O) groups excluding carboxylic acids is 1. The molecule has 44 heavy (non-hydrogen) atoms. The zero-order valence-corrected chi connectivity index (χ0v) is 25.4. The van der Waals surface area contributed by atoms with E-state index < -0.39 is 11.2 Å². The van der Waals surface area contributed by atoms with Crippen molar-refractivity contribution in [2.24, 2.45) is 0 Å². The van der Waals surface area contributed by atoms with Crippen molar-refractivity contribution >= 4 is 34.1 Å². The Morgan fingerprint density at radius 1 is 1.00 bits per heavy atom. The van der Waals surface area contributed by atoms with Crippen LogP contribution in [-0.2, 0) is 16.8 Å². The largest absolute Gasteiger partial charge is 0.336 e. The molecule has 1 amide bonds. The summed E-state index contributed by atoms with van der Waals surface area (Å²) in [6.07, 6.45) is 15.8. The number of likely N-dealkylation sites (tertiary alicyclic amines) is 1. The Hall–Kier alpha value is -3.85. The third kappa shape index (κ3) is 4.42. The first-order valence-corrected chi connectivity index (χ1v) is 16.5. The topological polar surface area (TPSA) is 79.2 Å². The summed E-state index contributed by atoms with van der Waals surface area (Å²) in [5.41, 5.74) is 5.47. The van der Waals surface area contributed by atoms with Crippen LogP contribution in [0.15, 0.2) is 49.1 Å². The van der Waals surface area contributed by atoms with E-state index in [-0.39, 0.29) is 6.04 Å². The molecule has 0 atom stereocenters. The van der Waals surface area contributed by atoms with E-state index in [1.165, 1.54) is 50.5 Å². The number of rotatable bonds is 6. The van der Waals surface area contributed by atoms with Gasteiger partial charge in [-0.25, -0.2) is 14.4 Å². The van der Waals surface area contributed by atoms with Gasteiger partial charge < -0.3 is 19.7 Å². The molecule has 4 aromatic rings. The second kappa shape index (κ2) is 10.9. The maximum Gasteiger partial charge on any atom is 0.237 e. The lowest BCUT2D eigenvalue weighted by molar-refractivity contribution is -0.125. The standard InChI is InChI=1S/C35H40FN7O/c1-2-41-22-38-30-20-29(40-33(32(30)41)39-28-11-14-37-21-27(28)36)23-9-10-26-31(17-23)43(34(44)35(26)12-5-3-6-13-35)25-18-24(19-25)42-15-7-4-8-16-42/h9-11,14,17,20-22,24-25H,2-8,12-13,15-16,18-19H2,1H3,(H,37,39,40). The van der Waals surface area contributed by atoms with Crippen LogP contribution in [-0.4, -0.2) is 55.5 Å². The Morgan fingerprint density at radius 2 is 1.80 bits per heavy atom. The fourth-order valence-corrected chi connectivity index (χ4v) is 8.28. The van der Waals surface area contributed by atoms with Crippen LogP contribution in [0.3, 0.4) is 0 Å². The number of carbonyl (C=O) groups is 1. The number of nitrogens with one attached hydrogen (secondary N) is 1. The predicted octanol–water partition coefficient (Wildman–Crippen LogP) is 6.96. The fourth-order valence-electron chi connectivity index (χ4n) is 8.28. The molecule has 1 saturated heterocycles. The third-order valence-corrected chi connectivity index (χ3v) is 10.7. The molecule has 9 heteroatoms. The minimum absolute atomic E-state index is 0.243. The van der Waals surface area contributed by atoms with Crippen LogP contribution in [0.1, 0.15) is 76.7 Å². The first-order chi connectivity index (χ1) is 21.6. The maximum absolute atomic E-state index is 14.7. The van der Waals surface area contributed by atoms with Crippen LogP contribution in [0.25, 0.3) is 22.3 Å². The van der Waals surface area contributed by atoms with Gasteiger partial charge in [-0.2, -0.15) is 0 Å². The molecular formula is C35H40FN7O. The molecule has 2 saturated carbocycles. The Bertz CT molecular complexity index is 1720. The molecule has 0 radical (unpaired) electrons. The Labute approximate surface area is 257 Å². The number of anilines is 3. The number of aryl methyl sites for hydroxylation is 1. The lowest BCUT2D eigenvalue weighted by Crippen LogP contribution is -2.57. The van der Waals surface area contributed by atoms with Crippen LogP contribution < -0.4 is 10.2 Å². The summed E-state index contributed by atoms with van der Waals surface area (Å²) in [5, 5.41) is 3.22. The number of benzene rings is 1. The van der Waals surface area contributed by atoms with Gasteiger partial charge in [-0.05, 0) is 82.3 Å². The summed E-state index contributed by atoms with van der Waals surface area (Å²) < 4.78 is 16.7. The van der Waals surface area contributed by atoms with Crippen LogP contribution in [0.4, 0.5) is 21.6 Å². The van der Waals surface area contributed by atoms with Crippen LogP contribution in [0.5, 0.6) is 0 Å². The van der Waals surface area contributed by atoms with Gasteiger partial charge in [0.25, 0.3) is 0 Å². The van der Waals surface area contributed by atoms with Crippen molar-refractivity contribution in [3.63, 3.8) is 0 Å². The molecule has 1 N–H and O–H groups in total. The van der Waals surface area contributed by atoms with Gasteiger partial charge in [-0.15, -0.1) is 0 Å². The van der Waals surface area contributed by atoms with Gasteiger partial charge >= 0.3 is 0 Å². The van der Waals surface area contributed by atoms with E-state index in [9.17, 15) is 9.18 Å². The average Bonchev–Trinajstić information content (AvgIpc) is 3.56. The van der Waals surface area contributed by atoms with Crippen molar-refractivity contribution < 1.29 is 9.18 Å². The number of hydrogen-bond acceptors (Lipinski definition) is 6. The summed E-state index contributed by atoms with van der Waals surface area (Å²) in [5.74, 6) is 0.415. The molecule has 1 spiro atoms. The smallest absolute Gasteiger partial charge is 0.237 e. The van der Waals surface area contributed by atoms with Gasteiger partial charge in [0.05, 0.1) is 34.8 Å². The number of hydrogen-bond donors (Lipinski definition) is 1. The number of fused-ring (bicyclic) bond motifs is 3. The van der Waals surface area contributed by atoms with Gasteiger partial charge in [0.15, 0.2) is 11.6 Å².